The van der Waals surface area contributed by atoms with Crippen LogP contribution in [0.2, 0.25) is 0 Å². The number of amides is 2. The molecule has 0 saturated carbocycles. The lowest BCUT2D eigenvalue weighted by Crippen LogP contribution is -2.51. The molecule has 1 atom stereocenters. The smallest absolute Gasteiger partial charge is 0.260 e. The summed E-state index contributed by atoms with van der Waals surface area (Å²) in [6.07, 6.45) is 0.784. The number of carbonyl (C=O) groups is 2. The van der Waals surface area contributed by atoms with E-state index >= 15 is 0 Å². The number of benzene rings is 2. The number of carbonyl (C=O) groups excluding carboxylic acids is 2. The molecular formula is C25H30FN3O4. The van der Waals surface area contributed by atoms with Crippen LogP contribution in [0.1, 0.15) is 16.8 Å². The van der Waals surface area contributed by atoms with Crippen LogP contribution in [0.4, 0.5) is 4.39 Å². The standard InChI is InChI=1S/C25H30FN3O4/c26-21-9-7-20(8-10-21)25(31)28-12-4-11-27(13-14-28)17-23-18-29(15-16-32-23)24(30)19-33-22-5-2-1-3-6-22/h1-3,5-10,23H,4,11-19H2. The van der Waals surface area contributed by atoms with Gasteiger partial charge in [-0.2, -0.15) is 0 Å². The van der Waals surface area contributed by atoms with Crippen LogP contribution in [0.15, 0.2) is 54.6 Å². The Kier molecular flexibility index (Phi) is 7.91. The van der Waals surface area contributed by atoms with Gasteiger partial charge in [-0.05, 0) is 49.4 Å². The highest BCUT2D eigenvalue weighted by Crippen LogP contribution is 2.14. The van der Waals surface area contributed by atoms with Crippen molar-refractivity contribution in [1.82, 2.24) is 14.7 Å². The second-order valence-corrected chi connectivity index (χ2v) is 8.39. The lowest BCUT2D eigenvalue weighted by Gasteiger charge is -2.35. The molecule has 0 bridgehead atoms. The zero-order valence-electron chi connectivity index (χ0n) is 18.7. The van der Waals surface area contributed by atoms with Gasteiger partial charge in [-0.15, -0.1) is 0 Å². The van der Waals surface area contributed by atoms with Gasteiger partial charge in [0.15, 0.2) is 6.61 Å². The van der Waals surface area contributed by atoms with E-state index in [9.17, 15) is 14.0 Å². The fraction of sp³-hybridized carbons (Fsp3) is 0.440. The first-order valence-electron chi connectivity index (χ1n) is 11.4. The van der Waals surface area contributed by atoms with Gasteiger partial charge < -0.3 is 19.3 Å². The fourth-order valence-electron chi connectivity index (χ4n) is 4.23. The zero-order chi connectivity index (χ0) is 23.0. The minimum Gasteiger partial charge on any atom is -0.484 e. The van der Waals surface area contributed by atoms with E-state index in [1.54, 1.807) is 4.90 Å². The second-order valence-electron chi connectivity index (χ2n) is 8.39. The molecule has 0 aromatic heterocycles. The summed E-state index contributed by atoms with van der Waals surface area (Å²) in [6.45, 7) is 5.19. The molecule has 2 aliphatic heterocycles. The topological polar surface area (TPSA) is 62.3 Å². The summed E-state index contributed by atoms with van der Waals surface area (Å²) in [6, 6.07) is 15.0. The van der Waals surface area contributed by atoms with Crippen molar-refractivity contribution in [2.75, 3.05) is 59.0 Å². The molecule has 2 aliphatic rings. The highest BCUT2D eigenvalue weighted by atomic mass is 19.1. The molecule has 0 aliphatic carbocycles. The van der Waals surface area contributed by atoms with Gasteiger partial charge in [-0.3, -0.25) is 14.5 Å². The van der Waals surface area contributed by atoms with Crippen LogP contribution in [0.5, 0.6) is 5.75 Å². The van der Waals surface area contributed by atoms with E-state index < -0.39 is 0 Å². The summed E-state index contributed by atoms with van der Waals surface area (Å²) in [4.78, 5) is 31.3. The van der Waals surface area contributed by atoms with Crippen molar-refractivity contribution in [1.29, 1.82) is 0 Å². The normalized spacial score (nSPS) is 19.7. The second kappa shape index (κ2) is 11.2. The highest BCUT2D eigenvalue weighted by molar-refractivity contribution is 5.94. The quantitative estimate of drug-likeness (QED) is 0.669. The van der Waals surface area contributed by atoms with Gasteiger partial charge in [0, 0.05) is 44.8 Å². The van der Waals surface area contributed by atoms with Gasteiger partial charge in [0.25, 0.3) is 11.8 Å². The van der Waals surface area contributed by atoms with Crippen molar-refractivity contribution in [3.05, 3.63) is 66.0 Å². The molecule has 176 valence electrons. The molecule has 2 aromatic rings. The van der Waals surface area contributed by atoms with E-state index in [4.69, 9.17) is 9.47 Å². The van der Waals surface area contributed by atoms with Crippen LogP contribution >= 0.6 is 0 Å². The molecule has 0 radical (unpaired) electrons. The summed E-state index contributed by atoms with van der Waals surface area (Å²) >= 11 is 0. The molecule has 8 heteroatoms. The molecule has 0 N–H and O–H groups in total. The summed E-state index contributed by atoms with van der Waals surface area (Å²) in [5.74, 6) is 0.222. The Morgan fingerprint density at radius 1 is 0.939 bits per heavy atom. The Hall–Kier alpha value is -2.97. The first kappa shape index (κ1) is 23.2. The van der Waals surface area contributed by atoms with E-state index in [0.717, 1.165) is 19.5 Å². The predicted octanol–water partition coefficient (Wildman–Crippen LogP) is 2.28. The van der Waals surface area contributed by atoms with Crippen LogP contribution in [0, 0.1) is 5.82 Å². The third-order valence-electron chi connectivity index (χ3n) is 6.03. The van der Waals surface area contributed by atoms with Crippen LogP contribution in [-0.2, 0) is 9.53 Å². The number of nitrogens with zero attached hydrogens (tertiary/aromatic N) is 3. The SMILES string of the molecule is O=C(COc1ccccc1)N1CCOC(CN2CCCN(C(=O)c3ccc(F)cc3)CC2)C1. The average molecular weight is 456 g/mol. The van der Waals surface area contributed by atoms with Crippen LogP contribution < -0.4 is 4.74 Å². The Labute approximate surface area is 193 Å². The number of hydrogen-bond acceptors (Lipinski definition) is 5. The van der Waals surface area contributed by atoms with Crippen molar-refractivity contribution in [3.8, 4) is 5.75 Å². The minimum atomic E-state index is -0.347. The molecule has 2 amide bonds. The van der Waals surface area contributed by atoms with E-state index in [-0.39, 0.29) is 30.3 Å². The summed E-state index contributed by atoms with van der Waals surface area (Å²) in [5.41, 5.74) is 0.507. The average Bonchev–Trinajstić information content (AvgIpc) is 3.09. The number of hydrogen-bond donors (Lipinski definition) is 0. The summed E-state index contributed by atoms with van der Waals surface area (Å²) in [7, 11) is 0. The maximum absolute atomic E-state index is 13.2. The van der Waals surface area contributed by atoms with Gasteiger partial charge in [0.1, 0.15) is 11.6 Å². The molecule has 7 nitrogen and oxygen atoms in total. The molecule has 2 heterocycles. The molecule has 4 rings (SSSR count). The van der Waals surface area contributed by atoms with E-state index in [0.29, 0.717) is 50.6 Å². The van der Waals surface area contributed by atoms with Crippen molar-refractivity contribution in [2.45, 2.75) is 12.5 Å². The van der Waals surface area contributed by atoms with E-state index in [1.165, 1.54) is 24.3 Å². The van der Waals surface area contributed by atoms with E-state index in [1.807, 2.05) is 35.2 Å². The Bertz CT molecular complexity index is 925. The molecule has 33 heavy (non-hydrogen) atoms. The van der Waals surface area contributed by atoms with Crippen LogP contribution in [0.25, 0.3) is 0 Å². The molecular weight excluding hydrogens is 425 g/mol. The third kappa shape index (κ3) is 6.52. The van der Waals surface area contributed by atoms with Gasteiger partial charge in [0.05, 0.1) is 12.7 Å². The first-order chi connectivity index (χ1) is 16.1. The summed E-state index contributed by atoms with van der Waals surface area (Å²) < 4.78 is 24.7. The highest BCUT2D eigenvalue weighted by Gasteiger charge is 2.27. The maximum atomic E-state index is 13.2. The minimum absolute atomic E-state index is 0.0148. The Morgan fingerprint density at radius 3 is 2.52 bits per heavy atom. The van der Waals surface area contributed by atoms with Crippen molar-refractivity contribution >= 4 is 11.8 Å². The predicted molar refractivity (Wildman–Crippen MR) is 122 cm³/mol. The van der Waals surface area contributed by atoms with Crippen molar-refractivity contribution in [2.24, 2.45) is 0 Å². The largest absolute Gasteiger partial charge is 0.484 e. The monoisotopic (exact) mass is 455 g/mol. The molecule has 2 aromatic carbocycles. The van der Waals surface area contributed by atoms with Gasteiger partial charge in [-0.1, -0.05) is 18.2 Å². The van der Waals surface area contributed by atoms with Crippen molar-refractivity contribution in [3.63, 3.8) is 0 Å². The number of halogens is 1. The lowest BCUT2D eigenvalue weighted by atomic mass is 10.2. The molecule has 1 unspecified atom stereocenters. The summed E-state index contributed by atoms with van der Waals surface area (Å²) in [5, 5.41) is 0. The number of ether oxygens (including phenoxy) is 2. The molecule has 2 saturated heterocycles. The number of para-hydroxylation sites is 1. The third-order valence-corrected chi connectivity index (χ3v) is 6.03. The Morgan fingerprint density at radius 2 is 1.73 bits per heavy atom. The van der Waals surface area contributed by atoms with Crippen molar-refractivity contribution < 1.29 is 23.5 Å². The molecule has 0 spiro atoms. The first-order valence-corrected chi connectivity index (χ1v) is 11.4. The van der Waals surface area contributed by atoms with Gasteiger partial charge in [-0.25, -0.2) is 4.39 Å². The Balaban J connectivity index is 1.24. The maximum Gasteiger partial charge on any atom is 0.260 e. The lowest BCUT2D eigenvalue weighted by molar-refractivity contribution is -0.141. The fourth-order valence-corrected chi connectivity index (χ4v) is 4.23. The zero-order valence-corrected chi connectivity index (χ0v) is 18.7. The van der Waals surface area contributed by atoms with Gasteiger partial charge >= 0.3 is 0 Å². The molecule has 2 fully saturated rings. The van der Waals surface area contributed by atoms with E-state index in [2.05, 4.69) is 4.90 Å². The van der Waals surface area contributed by atoms with Crippen LogP contribution in [-0.4, -0.2) is 91.6 Å². The van der Waals surface area contributed by atoms with Crippen LogP contribution in [0.3, 0.4) is 0 Å². The number of morpholine rings is 1. The number of rotatable bonds is 6. The van der Waals surface area contributed by atoms with Gasteiger partial charge in [0.2, 0.25) is 0 Å².